The summed E-state index contributed by atoms with van der Waals surface area (Å²) < 4.78 is 45.4. The second-order valence-electron chi connectivity index (χ2n) is 5.65. The first-order valence-electron chi connectivity index (χ1n) is 8.23. The summed E-state index contributed by atoms with van der Waals surface area (Å²) >= 11 is 0. The molecule has 11 heteroatoms. The number of nitrogens with two attached hydrogens (primary N) is 1. The van der Waals surface area contributed by atoms with Crippen LogP contribution in [-0.4, -0.2) is 34.0 Å². The third-order valence-electron chi connectivity index (χ3n) is 3.53. The second-order valence-corrected chi connectivity index (χ2v) is 5.65. The Kier molecular flexibility index (Phi) is 5.82. The van der Waals surface area contributed by atoms with E-state index in [0.717, 1.165) is 0 Å². The van der Waals surface area contributed by atoms with Crippen molar-refractivity contribution < 1.29 is 22.3 Å². The van der Waals surface area contributed by atoms with Crippen molar-refractivity contribution in [3.05, 3.63) is 54.0 Å². The molecular formula is C17H17F3N6O2. The van der Waals surface area contributed by atoms with Gasteiger partial charge >= 0.3 is 6.36 Å². The summed E-state index contributed by atoms with van der Waals surface area (Å²) in [5.41, 5.74) is 6.48. The lowest BCUT2D eigenvalue weighted by molar-refractivity contribution is -0.274. The Bertz CT molecular complexity index is 904. The fraction of sp³-hybridized carbons (Fsp3) is 0.235. The molecule has 0 radical (unpaired) electrons. The van der Waals surface area contributed by atoms with Crippen LogP contribution in [0.15, 0.2) is 52.1 Å². The van der Waals surface area contributed by atoms with E-state index in [-0.39, 0.29) is 18.3 Å². The number of nitrogens with one attached hydrogen (secondary N) is 2. The van der Waals surface area contributed by atoms with Crippen molar-refractivity contribution in [3.8, 4) is 17.3 Å². The van der Waals surface area contributed by atoms with Crippen LogP contribution in [0.4, 0.5) is 13.2 Å². The van der Waals surface area contributed by atoms with Gasteiger partial charge in [0.15, 0.2) is 11.7 Å². The number of H-pyrrole nitrogens is 1. The van der Waals surface area contributed by atoms with Gasteiger partial charge in [0.05, 0.1) is 12.8 Å². The summed E-state index contributed by atoms with van der Waals surface area (Å²) in [6.07, 6.45) is -2.63. The van der Waals surface area contributed by atoms with Crippen molar-refractivity contribution in [2.45, 2.75) is 19.3 Å². The second kappa shape index (κ2) is 8.46. The first kappa shape index (κ1) is 19.3. The van der Waals surface area contributed by atoms with Crippen LogP contribution in [0.2, 0.25) is 0 Å². The number of furan rings is 1. The number of nitrogens with zero attached hydrogens (tertiary/aromatic N) is 3. The molecule has 0 saturated carbocycles. The lowest BCUT2D eigenvalue weighted by Crippen LogP contribution is -2.33. The molecule has 0 atom stereocenters. The number of halogens is 3. The monoisotopic (exact) mass is 394 g/mol. The maximum atomic E-state index is 12.1. The van der Waals surface area contributed by atoms with E-state index in [1.165, 1.54) is 24.3 Å². The predicted molar refractivity (Wildman–Crippen MR) is 94.2 cm³/mol. The van der Waals surface area contributed by atoms with Crippen LogP contribution < -0.4 is 15.8 Å². The Morgan fingerprint density at radius 2 is 2.04 bits per heavy atom. The SMILES string of the molecule is NC(=NCc1ccc(OC(F)(F)F)cc1)NCCc1nc(-c2ccco2)n[nH]1. The standard InChI is InChI=1S/C17H17F3N6O2/c18-17(19,20)28-12-5-3-11(4-6-12)10-23-16(21)22-8-7-14-24-15(26-25-14)13-2-1-9-27-13/h1-6,9H,7-8,10H2,(H3,21,22,23)(H,24,25,26). The largest absolute Gasteiger partial charge is 0.573 e. The molecule has 0 aliphatic heterocycles. The molecule has 4 N–H and O–H groups in total. The highest BCUT2D eigenvalue weighted by molar-refractivity contribution is 5.77. The zero-order chi connectivity index (χ0) is 20.0. The van der Waals surface area contributed by atoms with Gasteiger partial charge in [-0.3, -0.25) is 5.10 Å². The molecule has 1 aromatic carbocycles. The van der Waals surface area contributed by atoms with E-state index < -0.39 is 6.36 Å². The minimum absolute atomic E-state index is 0.210. The summed E-state index contributed by atoms with van der Waals surface area (Å²) in [5.74, 6) is 1.63. The Balaban J connectivity index is 1.43. The predicted octanol–water partition coefficient (Wildman–Crippen LogP) is 2.61. The maximum absolute atomic E-state index is 12.1. The van der Waals surface area contributed by atoms with Gasteiger partial charge in [0, 0.05) is 13.0 Å². The van der Waals surface area contributed by atoms with Gasteiger partial charge in [0.2, 0.25) is 5.82 Å². The highest BCUT2D eigenvalue weighted by Crippen LogP contribution is 2.22. The van der Waals surface area contributed by atoms with Crippen LogP contribution in [0, 0.1) is 0 Å². The normalized spacial score (nSPS) is 12.2. The van der Waals surface area contributed by atoms with Gasteiger partial charge in [0.25, 0.3) is 0 Å². The van der Waals surface area contributed by atoms with E-state index in [2.05, 4.69) is 30.2 Å². The molecule has 0 unspecified atom stereocenters. The lowest BCUT2D eigenvalue weighted by Gasteiger charge is -2.09. The molecule has 3 aromatic rings. The van der Waals surface area contributed by atoms with E-state index in [9.17, 15) is 13.2 Å². The van der Waals surface area contributed by atoms with Crippen molar-refractivity contribution in [2.75, 3.05) is 6.54 Å². The van der Waals surface area contributed by atoms with Crippen LogP contribution in [0.25, 0.3) is 11.6 Å². The summed E-state index contributed by atoms with van der Waals surface area (Å²) in [5, 5.41) is 9.81. The first-order chi connectivity index (χ1) is 13.4. The highest BCUT2D eigenvalue weighted by Gasteiger charge is 2.30. The number of ether oxygens (including phenoxy) is 1. The molecule has 0 aliphatic carbocycles. The van der Waals surface area contributed by atoms with Gasteiger partial charge in [-0.15, -0.1) is 13.2 Å². The van der Waals surface area contributed by atoms with E-state index in [0.29, 0.717) is 35.9 Å². The number of guanidine groups is 1. The van der Waals surface area contributed by atoms with Crippen LogP contribution >= 0.6 is 0 Å². The average molecular weight is 394 g/mol. The smallest absolute Gasteiger partial charge is 0.461 e. The van der Waals surface area contributed by atoms with Gasteiger partial charge in [-0.1, -0.05) is 12.1 Å². The molecule has 3 rings (SSSR count). The molecule has 28 heavy (non-hydrogen) atoms. The van der Waals surface area contributed by atoms with Crippen LogP contribution in [0.3, 0.4) is 0 Å². The molecular weight excluding hydrogens is 377 g/mol. The van der Waals surface area contributed by atoms with Crippen LogP contribution in [0.1, 0.15) is 11.4 Å². The molecule has 148 valence electrons. The van der Waals surface area contributed by atoms with Crippen molar-refractivity contribution >= 4 is 5.96 Å². The average Bonchev–Trinajstić information content (AvgIpc) is 3.31. The summed E-state index contributed by atoms with van der Waals surface area (Å²) in [4.78, 5) is 8.44. The number of hydrogen-bond donors (Lipinski definition) is 3. The highest BCUT2D eigenvalue weighted by atomic mass is 19.4. The summed E-state index contributed by atoms with van der Waals surface area (Å²) in [6.45, 7) is 0.691. The topological polar surface area (TPSA) is 114 Å². The van der Waals surface area contributed by atoms with E-state index in [1.807, 2.05) is 0 Å². The van der Waals surface area contributed by atoms with Crippen molar-refractivity contribution in [2.24, 2.45) is 10.7 Å². The molecule has 0 saturated heterocycles. The summed E-state index contributed by atoms with van der Waals surface area (Å²) in [7, 11) is 0. The Morgan fingerprint density at radius 3 is 2.71 bits per heavy atom. The van der Waals surface area contributed by atoms with Gasteiger partial charge in [-0.25, -0.2) is 9.98 Å². The minimum atomic E-state index is -4.71. The Labute approximate surface area is 157 Å². The fourth-order valence-corrected chi connectivity index (χ4v) is 2.26. The zero-order valence-electron chi connectivity index (χ0n) is 14.5. The molecule has 0 spiro atoms. The third-order valence-corrected chi connectivity index (χ3v) is 3.53. The Hall–Kier alpha value is -3.50. The quantitative estimate of drug-likeness (QED) is 0.419. The van der Waals surface area contributed by atoms with Crippen molar-refractivity contribution in [1.82, 2.24) is 20.5 Å². The number of aliphatic imine (C=N–C) groups is 1. The number of benzene rings is 1. The lowest BCUT2D eigenvalue weighted by atomic mass is 10.2. The molecule has 2 heterocycles. The van der Waals surface area contributed by atoms with Crippen molar-refractivity contribution in [3.63, 3.8) is 0 Å². The first-order valence-corrected chi connectivity index (χ1v) is 8.23. The van der Waals surface area contributed by atoms with Crippen LogP contribution in [-0.2, 0) is 13.0 Å². The van der Waals surface area contributed by atoms with E-state index >= 15 is 0 Å². The number of aromatic amines is 1. The van der Waals surface area contributed by atoms with Gasteiger partial charge in [-0.05, 0) is 29.8 Å². The molecule has 8 nitrogen and oxygen atoms in total. The van der Waals surface area contributed by atoms with Gasteiger partial charge in [0.1, 0.15) is 11.6 Å². The van der Waals surface area contributed by atoms with E-state index in [4.69, 9.17) is 10.2 Å². The number of hydrogen-bond acceptors (Lipinski definition) is 5. The summed E-state index contributed by atoms with van der Waals surface area (Å²) in [6, 6.07) is 8.94. The maximum Gasteiger partial charge on any atom is 0.573 e. The Morgan fingerprint density at radius 1 is 1.25 bits per heavy atom. The molecule has 0 aliphatic rings. The number of aromatic nitrogens is 3. The van der Waals surface area contributed by atoms with Gasteiger partial charge < -0.3 is 20.2 Å². The van der Waals surface area contributed by atoms with E-state index in [1.54, 1.807) is 18.4 Å². The fourth-order valence-electron chi connectivity index (χ4n) is 2.26. The molecule has 0 fully saturated rings. The number of alkyl halides is 3. The van der Waals surface area contributed by atoms with Gasteiger partial charge in [-0.2, -0.15) is 5.10 Å². The minimum Gasteiger partial charge on any atom is -0.461 e. The third kappa shape index (κ3) is 5.76. The van der Waals surface area contributed by atoms with Crippen molar-refractivity contribution in [1.29, 1.82) is 0 Å². The molecule has 0 amide bonds. The van der Waals surface area contributed by atoms with Crippen LogP contribution in [0.5, 0.6) is 5.75 Å². The molecule has 0 bridgehead atoms. The molecule has 2 aromatic heterocycles. The number of rotatable bonds is 7. The zero-order valence-corrected chi connectivity index (χ0v) is 14.5.